The number of ketones is 1. The molecule has 19 heavy (non-hydrogen) atoms. The molecular weight excluding hydrogens is 256 g/mol. The number of hydrogen-bond acceptors (Lipinski definition) is 3. The van der Waals surface area contributed by atoms with Crippen molar-refractivity contribution in [1.82, 2.24) is 0 Å². The van der Waals surface area contributed by atoms with Gasteiger partial charge in [0.2, 0.25) is 0 Å². The number of rotatable bonds is 6. The number of thiophene rings is 1. The lowest BCUT2D eigenvalue weighted by molar-refractivity contribution is 0.0597. The highest BCUT2D eigenvalue weighted by molar-refractivity contribution is 7.14. The molecule has 1 saturated carbocycles. The third kappa shape index (κ3) is 4.43. The van der Waals surface area contributed by atoms with Crippen LogP contribution < -0.4 is 0 Å². The quantitative estimate of drug-likeness (QED) is 0.725. The van der Waals surface area contributed by atoms with E-state index in [2.05, 4.69) is 13.8 Å². The fourth-order valence-corrected chi connectivity index (χ4v) is 3.69. The first-order valence-electron chi connectivity index (χ1n) is 7.38. The molecule has 0 aliphatic heterocycles. The summed E-state index contributed by atoms with van der Waals surface area (Å²) in [6, 6.07) is 3.97. The van der Waals surface area contributed by atoms with Gasteiger partial charge in [-0.3, -0.25) is 4.79 Å². The van der Waals surface area contributed by atoms with Crippen molar-refractivity contribution in [3.8, 4) is 0 Å². The molecule has 0 radical (unpaired) electrons. The van der Waals surface area contributed by atoms with Gasteiger partial charge in [0, 0.05) is 4.88 Å². The Labute approximate surface area is 120 Å². The Morgan fingerprint density at radius 3 is 2.95 bits per heavy atom. The van der Waals surface area contributed by atoms with E-state index in [1.165, 1.54) is 30.6 Å². The molecule has 1 heterocycles. The van der Waals surface area contributed by atoms with Crippen molar-refractivity contribution in [2.24, 2.45) is 11.8 Å². The molecule has 3 heteroatoms. The van der Waals surface area contributed by atoms with E-state index in [0.717, 1.165) is 23.8 Å². The summed E-state index contributed by atoms with van der Waals surface area (Å²) in [5.41, 5.74) is 0. The third-order valence-electron chi connectivity index (χ3n) is 3.92. The van der Waals surface area contributed by atoms with E-state index in [-0.39, 0.29) is 12.4 Å². The maximum absolute atomic E-state index is 12.0. The van der Waals surface area contributed by atoms with Gasteiger partial charge in [0.25, 0.3) is 0 Å². The van der Waals surface area contributed by atoms with Crippen LogP contribution in [-0.4, -0.2) is 19.0 Å². The van der Waals surface area contributed by atoms with Crippen LogP contribution >= 0.6 is 11.3 Å². The van der Waals surface area contributed by atoms with Gasteiger partial charge in [0.1, 0.15) is 6.61 Å². The van der Waals surface area contributed by atoms with E-state index < -0.39 is 0 Å². The molecule has 2 rings (SSSR count). The maximum Gasteiger partial charge on any atom is 0.198 e. The number of aryl methyl sites for hydroxylation is 1. The zero-order chi connectivity index (χ0) is 13.7. The second kappa shape index (κ2) is 7.20. The Hall–Kier alpha value is -0.670. The average molecular weight is 280 g/mol. The number of Topliss-reactive ketones (excluding diaryl/α,β-unsaturated/α-hetero) is 1. The van der Waals surface area contributed by atoms with Gasteiger partial charge in [-0.05, 0) is 43.2 Å². The SMILES string of the molecule is CCc1ccc(C(=O)COCC2CCCC(C)C2)s1. The highest BCUT2D eigenvalue weighted by Crippen LogP contribution is 2.28. The molecule has 0 saturated heterocycles. The third-order valence-corrected chi connectivity index (χ3v) is 5.19. The van der Waals surface area contributed by atoms with Crippen LogP contribution in [0.15, 0.2) is 12.1 Å². The zero-order valence-electron chi connectivity index (χ0n) is 12.0. The Morgan fingerprint density at radius 2 is 2.26 bits per heavy atom. The Kier molecular flexibility index (Phi) is 5.59. The second-order valence-corrected chi connectivity index (χ2v) is 6.86. The normalized spacial score (nSPS) is 23.5. The maximum atomic E-state index is 12.0. The molecule has 0 N–H and O–H groups in total. The Balaban J connectivity index is 1.71. The topological polar surface area (TPSA) is 26.3 Å². The van der Waals surface area contributed by atoms with Gasteiger partial charge in [0.05, 0.1) is 11.5 Å². The fourth-order valence-electron chi connectivity index (χ4n) is 2.82. The predicted octanol–water partition coefficient (Wildman–Crippen LogP) is 4.34. The van der Waals surface area contributed by atoms with Crippen molar-refractivity contribution < 1.29 is 9.53 Å². The minimum absolute atomic E-state index is 0.133. The van der Waals surface area contributed by atoms with E-state index in [1.54, 1.807) is 11.3 Å². The van der Waals surface area contributed by atoms with Crippen LogP contribution in [0, 0.1) is 11.8 Å². The molecule has 106 valence electrons. The van der Waals surface area contributed by atoms with Crippen molar-refractivity contribution in [3.63, 3.8) is 0 Å². The van der Waals surface area contributed by atoms with Crippen molar-refractivity contribution in [2.75, 3.05) is 13.2 Å². The average Bonchev–Trinajstić information content (AvgIpc) is 2.87. The van der Waals surface area contributed by atoms with Gasteiger partial charge in [-0.2, -0.15) is 0 Å². The largest absolute Gasteiger partial charge is 0.373 e. The van der Waals surface area contributed by atoms with Crippen LogP contribution in [0.4, 0.5) is 0 Å². The molecule has 2 unspecified atom stereocenters. The molecule has 1 aliphatic rings. The molecule has 0 amide bonds. The number of ether oxygens (including phenoxy) is 1. The second-order valence-electron chi connectivity index (χ2n) is 5.70. The van der Waals surface area contributed by atoms with Crippen molar-refractivity contribution in [2.45, 2.75) is 46.0 Å². The van der Waals surface area contributed by atoms with E-state index in [0.29, 0.717) is 5.92 Å². The summed E-state index contributed by atoms with van der Waals surface area (Å²) in [4.78, 5) is 14.1. The van der Waals surface area contributed by atoms with Crippen LogP contribution in [0.1, 0.15) is 54.1 Å². The highest BCUT2D eigenvalue weighted by atomic mass is 32.1. The standard InChI is InChI=1S/C16H24O2S/c1-3-14-7-8-16(19-14)15(17)11-18-10-13-6-4-5-12(2)9-13/h7-8,12-13H,3-6,9-11H2,1-2H3. The van der Waals surface area contributed by atoms with Gasteiger partial charge >= 0.3 is 0 Å². The summed E-state index contributed by atoms with van der Waals surface area (Å²) in [5.74, 6) is 1.61. The first-order valence-corrected chi connectivity index (χ1v) is 8.20. The molecular formula is C16H24O2S. The molecule has 0 bridgehead atoms. The summed E-state index contributed by atoms with van der Waals surface area (Å²) in [6.45, 7) is 5.42. The lowest BCUT2D eigenvalue weighted by atomic mass is 9.83. The molecule has 2 nitrogen and oxygen atoms in total. The van der Waals surface area contributed by atoms with Crippen LogP contribution in [0.3, 0.4) is 0 Å². The number of carbonyl (C=O) groups is 1. The van der Waals surface area contributed by atoms with E-state index in [1.807, 2.05) is 12.1 Å². The Bertz CT molecular complexity index is 411. The van der Waals surface area contributed by atoms with Crippen LogP contribution in [0.5, 0.6) is 0 Å². The van der Waals surface area contributed by atoms with Crippen molar-refractivity contribution >= 4 is 17.1 Å². The van der Waals surface area contributed by atoms with Crippen molar-refractivity contribution in [3.05, 3.63) is 21.9 Å². The lowest BCUT2D eigenvalue weighted by Crippen LogP contribution is -2.20. The minimum atomic E-state index is 0.133. The van der Waals surface area contributed by atoms with E-state index >= 15 is 0 Å². The summed E-state index contributed by atoms with van der Waals surface area (Å²) in [7, 11) is 0. The van der Waals surface area contributed by atoms with Crippen LogP contribution in [0.2, 0.25) is 0 Å². The van der Waals surface area contributed by atoms with Gasteiger partial charge in [-0.15, -0.1) is 11.3 Å². The first kappa shape index (κ1) is 14.7. The minimum Gasteiger partial charge on any atom is -0.373 e. The van der Waals surface area contributed by atoms with E-state index in [4.69, 9.17) is 4.74 Å². The van der Waals surface area contributed by atoms with Crippen LogP contribution in [-0.2, 0) is 11.2 Å². The molecule has 0 aromatic carbocycles. The van der Waals surface area contributed by atoms with E-state index in [9.17, 15) is 4.79 Å². The van der Waals surface area contributed by atoms with Gasteiger partial charge in [-0.25, -0.2) is 0 Å². The fraction of sp³-hybridized carbons (Fsp3) is 0.688. The molecule has 1 aromatic heterocycles. The Morgan fingerprint density at radius 1 is 1.42 bits per heavy atom. The van der Waals surface area contributed by atoms with Gasteiger partial charge in [0.15, 0.2) is 5.78 Å². The molecule has 0 spiro atoms. The predicted molar refractivity (Wildman–Crippen MR) is 80.0 cm³/mol. The lowest BCUT2D eigenvalue weighted by Gasteiger charge is -2.26. The zero-order valence-corrected chi connectivity index (χ0v) is 12.8. The summed E-state index contributed by atoms with van der Waals surface area (Å²) >= 11 is 1.60. The molecule has 2 atom stereocenters. The summed E-state index contributed by atoms with van der Waals surface area (Å²) < 4.78 is 5.64. The molecule has 1 aliphatic carbocycles. The van der Waals surface area contributed by atoms with Crippen molar-refractivity contribution in [1.29, 1.82) is 0 Å². The smallest absolute Gasteiger partial charge is 0.198 e. The molecule has 1 fully saturated rings. The highest BCUT2D eigenvalue weighted by Gasteiger charge is 2.19. The van der Waals surface area contributed by atoms with Gasteiger partial charge < -0.3 is 4.74 Å². The molecule has 1 aromatic rings. The number of carbonyl (C=O) groups excluding carboxylic acids is 1. The van der Waals surface area contributed by atoms with Crippen LogP contribution in [0.25, 0.3) is 0 Å². The first-order chi connectivity index (χ1) is 9.19. The summed E-state index contributed by atoms with van der Waals surface area (Å²) in [5, 5.41) is 0. The van der Waals surface area contributed by atoms with Gasteiger partial charge in [-0.1, -0.05) is 26.7 Å². The summed E-state index contributed by atoms with van der Waals surface area (Å²) in [6.07, 6.45) is 6.18. The monoisotopic (exact) mass is 280 g/mol. The number of hydrogen-bond donors (Lipinski definition) is 0.